The van der Waals surface area contributed by atoms with Crippen molar-refractivity contribution in [2.24, 2.45) is 0 Å². The van der Waals surface area contributed by atoms with E-state index >= 15 is 0 Å². The molecule has 25 heavy (non-hydrogen) atoms. The second-order valence-corrected chi connectivity index (χ2v) is 6.11. The molecule has 4 aromatic rings. The summed E-state index contributed by atoms with van der Waals surface area (Å²) in [6.45, 7) is 0.455. The van der Waals surface area contributed by atoms with Gasteiger partial charge in [-0.3, -0.25) is 4.98 Å². The predicted molar refractivity (Wildman–Crippen MR) is 95.0 cm³/mol. The highest BCUT2D eigenvalue weighted by molar-refractivity contribution is 7.09. The lowest BCUT2D eigenvalue weighted by Crippen LogP contribution is -2.16. The molecule has 0 aliphatic rings. The van der Waals surface area contributed by atoms with Gasteiger partial charge in [0.15, 0.2) is 5.82 Å². The third-order valence-electron chi connectivity index (χ3n) is 3.53. The second-order valence-electron chi connectivity index (χ2n) is 5.38. The van der Waals surface area contributed by atoms with Crippen molar-refractivity contribution in [2.75, 3.05) is 11.9 Å². The molecule has 7 nitrogen and oxygen atoms in total. The molecule has 0 aliphatic carbocycles. The van der Waals surface area contributed by atoms with Crippen LogP contribution in [0.4, 0.5) is 5.13 Å². The Hall–Kier alpha value is -3.13. The zero-order valence-corrected chi connectivity index (χ0v) is 14.2. The summed E-state index contributed by atoms with van der Waals surface area (Å²) in [5.41, 5.74) is 1.82. The molecule has 3 heterocycles. The Balaban J connectivity index is 1.49. The molecule has 1 aromatic carbocycles. The number of aromatic nitrogens is 5. The average Bonchev–Trinajstić information content (AvgIpc) is 3.33. The van der Waals surface area contributed by atoms with Gasteiger partial charge in [-0.1, -0.05) is 35.5 Å². The van der Waals surface area contributed by atoms with Gasteiger partial charge in [-0.05, 0) is 12.1 Å². The van der Waals surface area contributed by atoms with Crippen LogP contribution in [0, 0.1) is 0 Å². The van der Waals surface area contributed by atoms with Crippen LogP contribution in [0.2, 0.25) is 0 Å². The van der Waals surface area contributed by atoms with Crippen LogP contribution in [0.1, 0.15) is 5.89 Å². The molecule has 0 fully saturated rings. The second kappa shape index (κ2) is 6.78. The van der Waals surface area contributed by atoms with Gasteiger partial charge in [0.25, 0.3) is 0 Å². The first kappa shape index (κ1) is 15.4. The van der Waals surface area contributed by atoms with Gasteiger partial charge in [-0.25, -0.2) is 0 Å². The molecule has 0 radical (unpaired) electrons. The van der Waals surface area contributed by atoms with Crippen molar-refractivity contribution in [3.8, 4) is 22.8 Å². The lowest BCUT2D eigenvalue weighted by Gasteiger charge is -2.11. The molecule has 8 heteroatoms. The molecule has 3 aromatic heterocycles. The van der Waals surface area contributed by atoms with Crippen LogP contribution in [0.3, 0.4) is 0 Å². The number of anilines is 1. The van der Waals surface area contributed by atoms with Crippen LogP contribution in [0.15, 0.2) is 59.4 Å². The van der Waals surface area contributed by atoms with Gasteiger partial charge in [0, 0.05) is 42.1 Å². The van der Waals surface area contributed by atoms with E-state index in [0.717, 1.165) is 16.3 Å². The molecule has 0 saturated heterocycles. The summed E-state index contributed by atoms with van der Waals surface area (Å²) in [4.78, 5) is 15.0. The van der Waals surface area contributed by atoms with E-state index in [2.05, 4.69) is 24.5 Å². The van der Waals surface area contributed by atoms with Gasteiger partial charge in [-0.2, -0.15) is 14.3 Å². The first-order chi connectivity index (χ1) is 12.3. The number of hydrogen-bond acceptors (Lipinski definition) is 8. The molecular weight excluding hydrogens is 336 g/mol. The smallest absolute Gasteiger partial charge is 0.246 e. The fourth-order valence-electron chi connectivity index (χ4n) is 2.28. The molecular formula is C17H14N6OS. The predicted octanol–water partition coefficient (Wildman–Crippen LogP) is 3.29. The maximum Gasteiger partial charge on any atom is 0.246 e. The van der Waals surface area contributed by atoms with Crippen LogP contribution < -0.4 is 4.90 Å². The highest BCUT2D eigenvalue weighted by Crippen LogP contribution is 2.24. The van der Waals surface area contributed by atoms with Crippen molar-refractivity contribution >= 4 is 16.7 Å². The summed E-state index contributed by atoms with van der Waals surface area (Å²) in [5, 5.41) is 4.79. The standard InChI is InChI=1S/C17H14N6OS/c1-23(17-20-16(22-25-17)12-6-3-2-4-7-12)11-14-19-15(21-24-14)13-8-5-9-18-10-13/h2-10H,11H2,1H3. The number of pyridine rings is 1. The number of hydrogen-bond donors (Lipinski definition) is 0. The van der Waals surface area contributed by atoms with Crippen molar-refractivity contribution in [2.45, 2.75) is 6.54 Å². The van der Waals surface area contributed by atoms with Crippen molar-refractivity contribution in [1.82, 2.24) is 24.5 Å². The third kappa shape index (κ3) is 3.38. The molecule has 4 rings (SSSR count). The Morgan fingerprint density at radius 2 is 1.84 bits per heavy atom. The molecule has 0 bridgehead atoms. The molecule has 0 unspecified atom stereocenters. The maximum atomic E-state index is 5.33. The van der Waals surface area contributed by atoms with E-state index in [1.165, 1.54) is 11.5 Å². The molecule has 0 spiro atoms. The van der Waals surface area contributed by atoms with Gasteiger partial charge in [0.2, 0.25) is 16.8 Å². The minimum absolute atomic E-state index is 0.455. The lowest BCUT2D eigenvalue weighted by molar-refractivity contribution is 0.378. The molecule has 0 atom stereocenters. The first-order valence-electron chi connectivity index (χ1n) is 7.63. The van der Waals surface area contributed by atoms with Crippen molar-refractivity contribution < 1.29 is 4.52 Å². The highest BCUT2D eigenvalue weighted by Gasteiger charge is 2.15. The minimum atomic E-state index is 0.455. The van der Waals surface area contributed by atoms with Crippen LogP contribution in [0.25, 0.3) is 22.8 Å². The van der Waals surface area contributed by atoms with Gasteiger partial charge >= 0.3 is 0 Å². The summed E-state index contributed by atoms with van der Waals surface area (Å²) in [7, 11) is 1.92. The van der Waals surface area contributed by atoms with E-state index in [0.29, 0.717) is 24.1 Å². The zero-order valence-electron chi connectivity index (χ0n) is 13.4. The zero-order chi connectivity index (χ0) is 17.1. The van der Waals surface area contributed by atoms with Crippen LogP contribution in [0.5, 0.6) is 0 Å². The van der Waals surface area contributed by atoms with E-state index < -0.39 is 0 Å². The Kier molecular flexibility index (Phi) is 4.17. The van der Waals surface area contributed by atoms with E-state index in [4.69, 9.17) is 4.52 Å². The minimum Gasteiger partial charge on any atom is -0.341 e. The highest BCUT2D eigenvalue weighted by atomic mass is 32.1. The summed E-state index contributed by atoms with van der Waals surface area (Å²) < 4.78 is 9.74. The molecule has 0 saturated carbocycles. The van der Waals surface area contributed by atoms with Crippen LogP contribution in [-0.2, 0) is 6.54 Å². The fourth-order valence-corrected chi connectivity index (χ4v) is 2.92. The average molecular weight is 350 g/mol. The normalized spacial score (nSPS) is 10.8. The summed E-state index contributed by atoms with van der Waals surface area (Å²) in [6, 6.07) is 13.6. The Labute approximate surface area is 148 Å². The van der Waals surface area contributed by atoms with E-state index in [1.54, 1.807) is 12.4 Å². The van der Waals surface area contributed by atoms with Crippen molar-refractivity contribution in [1.29, 1.82) is 0 Å². The monoisotopic (exact) mass is 350 g/mol. The van der Waals surface area contributed by atoms with E-state index in [9.17, 15) is 0 Å². The van der Waals surface area contributed by atoms with Gasteiger partial charge in [0.05, 0.1) is 6.54 Å². The SMILES string of the molecule is CN(Cc1nc(-c2cccnc2)no1)c1nc(-c2ccccc2)ns1. The first-order valence-corrected chi connectivity index (χ1v) is 8.40. The van der Waals surface area contributed by atoms with Crippen molar-refractivity contribution in [3.63, 3.8) is 0 Å². The van der Waals surface area contributed by atoms with E-state index in [1.807, 2.05) is 54.4 Å². The maximum absolute atomic E-state index is 5.33. The number of rotatable bonds is 5. The van der Waals surface area contributed by atoms with Crippen LogP contribution in [-0.4, -0.2) is 31.5 Å². The fraction of sp³-hybridized carbons (Fsp3) is 0.118. The number of benzene rings is 1. The van der Waals surface area contributed by atoms with Crippen molar-refractivity contribution in [3.05, 3.63) is 60.7 Å². The van der Waals surface area contributed by atoms with Gasteiger partial charge < -0.3 is 9.42 Å². The molecule has 0 N–H and O–H groups in total. The Morgan fingerprint density at radius 3 is 2.64 bits per heavy atom. The molecule has 0 amide bonds. The third-order valence-corrected chi connectivity index (χ3v) is 4.36. The molecule has 124 valence electrons. The summed E-state index contributed by atoms with van der Waals surface area (Å²) in [6.07, 6.45) is 3.41. The van der Waals surface area contributed by atoms with Crippen LogP contribution >= 0.6 is 11.5 Å². The number of nitrogens with zero attached hydrogens (tertiary/aromatic N) is 6. The molecule has 0 aliphatic heterocycles. The quantitative estimate of drug-likeness (QED) is 0.546. The van der Waals surface area contributed by atoms with Gasteiger partial charge in [-0.15, -0.1) is 0 Å². The topological polar surface area (TPSA) is 80.8 Å². The largest absolute Gasteiger partial charge is 0.341 e. The van der Waals surface area contributed by atoms with E-state index in [-0.39, 0.29) is 0 Å². The lowest BCUT2D eigenvalue weighted by atomic mass is 10.2. The summed E-state index contributed by atoms with van der Waals surface area (Å²) >= 11 is 1.34. The summed E-state index contributed by atoms with van der Waals surface area (Å²) in [5.74, 6) is 1.76. The Bertz CT molecular complexity index is 953. The Morgan fingerprint density at radius 1 is 1.00 bits per heavy atom. The van der Waals surface area contributed by atoms with Gasteiger partial charge in [0.1, 0.15) is 0 Å².